The first kappa shape index (κ1) is 13.5. The SMILES string of the molecule is Cc1cccc2c(N3C[C@@H]4CCC[C@@]4(C(=O)O)C3)ncnc12. The van der Waals surface area contributed by atoms with Crippen molar-refractivity contribution >= 4 is 22.7 Å². The second-order valence-electron chi connectivity index (χ2n) is 6.60. The zero-order valence-corrected chi connectivity index (χ0v) is 12.6. The van der Waals surface area contributed by atoms with E-state index in [9.17, 15) is 9.90 Å². The number of fused-ring (bicyclic) bond motifs is 2. The minimum atomic E-state index is -0.646. The fraction of sp³-hybridized carbons (Fsp3) is 0.471. The van der Waals surface area contributed by atoms with Crippen LogP contribution in [0.1, 0.15) is 24.8 Å². The lowest BCUT2D eigenvalue weighted by atomic mass is 9.81. The molecule has 2 aliphatic rings. The Morgan fingerprint density at radius 1 is 1.41 bits per heavy atom. The van der Waals surface area contributed by atoms with Crippen molar-refractivity contribution in [2.75, 3.05) is 18.0 Å². The summed E-state index contributed by atoms with van der Waals surface area (Å²) < 4.78 is 0. The van der Waals surface area contributed by atoms with Crippen LogP contribution in [0.15, 0.2) is 24.5 Å². The molecule has 0 spiro atoms. The Morgan fingerprint density at radius 3 is 3.05 bits per heavy atom. The second-order valence-corrected chi connectivity index (χ2v) is 6.60. The number of anilines is 1. The van der Waals surface area contributed by atoms with Gasteiger partial charge in [-0.15, -0.1) is 0 Å². The highest BCUT2D eigenvalue weighted by Crippen LogP contribution is 2.50. The van der Waals surface area contributed by atoms with Crippen LogP contribution in [0, 0.1) is 18.3 Å². The van der Waals surface area contributed by atoms with Crippen LogP contribution in [-0.2, 0) is 4.79 Å². The molecule has 1 aliphatic carbocycles. The lowest BCUT2D eigenvalue weighted by Gasteiger charge is -2.24. The Hall–Kier alpha value is -2.17. The van der Waals surface area contributed by atoms with E-state index in [4.69, 9.17) is 0 Å². The number of para-hydroxylation sites is 1. The first-order valence-corrected chi connectivity index (χ1v) is 7.80. The number of aryl methyl sites for hydroxylation is 1. The Bertz CT molecular complexity index is 761. The summed E-state index contributed by atoms with van der Waals surface area (Å²) in [4.78, 5) is 22.8. The average Bonchev–Trinajstić information content (AvgIpc) is 3.05. The molecule has 0 bridgehead atoms. The molecule has 1 saturated heterocycles. The van der Waals surface area contributed by atoms with E-state index in [-0.39, 0.29) is 5.92 Å². The Labute approximate surface area is 129 Å². The molecule has 22 heavy (non-hydrogen) atoms. The first-order valence-electron chi connectivity index (χ1n) is 7.80. The van der Waals surface area contributed by atoms with Crippen molar-refractivity contribution in [2.24, 2.45) is 11.3 Å². The van der Waals surface area contributed by atoms with Crippen LogP contribution in [0.3, 0.4) is 0 Å². The summed E-state index contributed by atoms with van der Waals surface area (Å²) >= 11 is 0. The zero-order chi connectivity index (χ0) is 15.3. The number of aromatic nitrogens is 2. The van der Waals surface area contributed by atoms with E-state index in [1.54, 1.807) is 6.33 Å². The third-order valence-electron chi connectivity index (χ3n) is 5.44. The third kappa shape index (κ3) is 1.74. The van der Waals surface area contributed by atoms with Crippen LogP contribution in [0.4, 0.5) is 5.82 Å². The molecule has 5 heteroatoms. The van der Waals surface area contributed by atoms with Gasteiger partial charge in [0.2, 0.25) is 0 Å². The molecule has 2 atom stereocenters. The van der Waals surface area contributed by atoms with Crippen LogP contribution in [-0.4, -0.2) is 34.1 Å². The second kappa shape index (κ2) is 4.66. The van der Waals surface area contributed by atoms with E-state index in [2.05, 4.69) is 14.9 Å². The van der Waals surface area contributed by atoms with Crippen molar-refractivity contribution in [3.05, 3.63) is 30.1 Å². The fourth-order valence-corrected chi connectivity index (χ4v) is 4.27. The van der Waals surface area contributed by atoms with Gasteiger partial charge in [0, 0.05) is 18.5 Å². The minimum absolute atomic E-state index is 0.236. The van der Waals surface area contributed by atoms with Crippen molar-refractivity contribution in [1.29, 1.82) is 0 Å². The quantitative estimate of drug-likeness (QED) is 0.923. The largest absolute Gasteiger partial charge is 0.481 e. The molecule has 1 aromatic heterocycles. The molecule has 4 rings (SSSR count). The zero-order valence-electron chi connectivity index (χ0n) is 12.6. The van der Waals surface area contributed by atoms with Crippen molar-refractivity contribution < 1.29 is 9.90 Å². The number of carboxylic acids is 1. The van der Waals surface area contributed by atoms with Crippen molar-refractivity contribution in [1.82, 2.24) is 9.97 Å². The highest BCUT2D eigenvalue weighted by Gasteiger charge is 2.55. The maximum Gasteiger partial charge on any atom is 0.311 e. The van der Waals surface area contributed by atoms with E-state index >= 15 is 0 Å². The number of benzene rings is 1. The van der Waals surface area contributed by atoms with E-state index < -0.39 is 11.4 Å². The third-order valence-corrected chi connectivity index (χ3v) is 5.44. The summed E-state index contributed by atoms with van der Waals surface area (Å²) in [7, 11) is 0. The van der Waals surface area contributed by atoms with Crippen LogP contribution < -0.4 is 4.90 Å². The van der Waals surface area contributed by atoms with Gasteiger partial charge in [0.15, 0.2) is 0 Å². The molecule has 1 N–H and O–H groups in total. The molecule has 2 fully saturated rings. The summed E-state index contributed by atoms with van der Waals surface area (Å²) in [5, 5.41) is 10.8. The van der Waals surface area contributed by atoms with Gasteiger partial charge in [0.1, 0.15) is 12.1 Å². The van der Waals surface area contributed by atoms with Gasteiger partial charge in [0.05, 0.1) is 10.9 Å². The molecule has 5 nitrogen and oxygen atoms in total. The maximum atomic E-state index is 11.8. The Balaban J connectivity index is 1.79. The molecule has 1 aromatic carbocycles. The fourth-order valence-electron chi connectivity index (χ4n) is 4.27. The van der Waals surface area contributed by atoms with Gasteiger partial charge in [0.25, 0.3) is 0 Å². The molecule has 2 heterocycles. The normalized spacial score (nSPS) is 27.3. The summed E-state index contributed by atoms with van der Waals surface area (Å²) in [5.41, 5.74) is 1.49. The predicted octanol–water partition coefficient (Wildman–Crippen LogP) is 2.63. The van der Waals surface area contributed by atoms with Crippen molar-refractivity contribution in [2.45, 2.75) is 26.2 Å². The number of rotatable bonds is 2. The number of aliphatic carboxylic acids is 1. The molecule has 2 aromatic rings. The Morgan fingerprint density at radius 2 is 2.27 bits per heavy atom. The number of carboxylic acid groups (broad SMARTS) is 1. The Kier molecular flexibility index (Phi) is 2.86. The molecule has 114 valence electrons. The van der Waals surface area contributed by atoms with Gasteiger partial charge >= 0.3 is 5.97 Å². The van der Waals surface area contributed by atoms with Gasteiger partial charge in [-0.25, -0.2) is 9.97 Å². The van der Waals surface area contributed by atoms with E-state index in [0.717, 1.165) is 48.1 Å². The highest BCUT2D eigenvalue weighted by atomic mass is 16.4. The van der Waals surface area contributed by atoms with E-state index in [0.29, 0.717) is 6.54 Å². The first-order chi connectivity index (χ1) is 10.6. The summed E-state index contributed by atoms with van der Waals surface area (Å²) in [6.07, 6.45) is 4.40. The van der Waals surface area contributed by atoms with Crippen molar-refractivity contribution in [3.63, 3.8) is 0 Å². The van der Waals surface area contributed by atoms with Gasteiger partial charge in [-0.1, -0.05) is 18.6 Å². The number of nitrogens with zero attached hydrogens (tertiary/aromatic N) is 3. The topological polar surface area (TPSA) is 66.3 Å². The molecular weight excluding hydrogens is 278 g/mol. The highest BCUT2D eigenvalue weighted by molar-refractivity contribution is 5.92. The van der Waals surface area contributed by atoms with Gasteiger partial charge in [-0.05, 0) is 37.3 Å². The van der Waals surface area contributed by atoms with Crippen molar-refractivity contribution in [3.8, 4) is 0 Å². The summed E-state index contributed by atoms with van der Waals surface area (Å²) in [6.45, 7) is 3.38. The molecule has 0 radical (unpaired) electrons. The van der Waals surface area contributed by atoms with Crippen LogP contribution in [0.5, 0.6) is 0 Å². The van der Waals surface area contributed by atoms with E-state index in [1.807, 2.05) is 25.1 Å². The maximum absolute atomic E-state index is 11.8. The molecule has 0 unspecified atom stereocenters. The monoisotopic (exact) mass is 297 g/mol. The smallest absolute Gasteiger partial charge is 0.311 e. The molecule has 1 saturated carbocycles. The molecule has 1 aliphatic heterocycles. The standard InChI is InChI=1S/C17H19N3O2/c1-11-4-2-6-13-14(11)18-10-19-15(13)20-8-12-5-3-7-17(12,9-20)16(21)22/h2,4,6,10,12H,3,5,7-9H2,1H3,(H,21,22)/t12-,17+/m0/s1. The predicted molar refractivity (Wildman–Crippen MR) is 83.9 cm³/mol. The van der Waals surface area contributed by atoms with Crippen LogP contribution in [0.2, 0.25) is 0 Å². The summed E-state index contributed by atoms with van der Waals surface area (Å²) in [6, 6.07) is 6.07. The van der Waals surface area contributed by atoms with Crippen LogP contribution in [0.25, 0.3) is 10.9 Å². The number of hydrogen-bond acceptors (Lipinski definition) is 4. The lowest BCUT2D eigenvalue weighted by Crippen LogP contribution is -2.35. The minimum Gasteiger partial charge on any atom is -0.481 e. The average molecular weight is 297 g/mol. The van der Waals surface area contributed by atoms with Gasteiger partial charge in [-0.2, -0.15) is 0 Å². The number of hydrogen-bond donors (Lipinski definition) is 1. The molecule has 0 amide bonds. The summed E-state index contributed by atoms with van der Waals surface area (Å²) in [5.74, 6) is 0.468. The lowest BCUT2D eigenvalue weighted by molar-refractivity contribution is -0.149. The molecular formula is C17H19N3O2. The van der Waals surface area contributed by atoms with E-state index in [1.165, 1.54) is 0 Å². The van der Waals surface area contributed by atoms with Gasteiger partial charge < -0.3 is 10.0 Å². The number of carbonyl (C=O) groups is 1. The van der Waals surface area contributed by atoms with Crippen LogP contribution >= 0.6 is 0 Å². The van der Waals surface area contributed by atoms with Gasteiger partial charge in [-0.3, -0.25) is 4.79 Å².